The maximum atomic E-state index is 14.0. The molecule has 2 aliphatic heterocycles. The van der Waals surface area contributed by atoms with Gasteiger partial charge in [0.25, 0.3) is 11.8 Å². The molecule has 2 heterocycles. The summed E-state index contributed by atoms with van der Waals surface area (Å²) in [6, 6.07) is 20.7. The maximum Gasteiger partial charge on any atom is 0.268 e. The second-order valence-corrected chi connectivity index (χ2v) is 9.01. The summed E-state index contributed by atoms with van der Waals surface area (Å²) in [6.45, 7) is 0.667. The highest BCUT2D eigenvalue weighted by molar-refractivity contribution is 8.01. The van der Waals surface area contributed by atoms with Gasteiger partial charge in [-0.1, -0.05) is 30.3 Å². The largest absolute Gasteiger partial charge is 0.497 e. The zero-order valence-electron chi connectivity index (χ0n) is 17.5. The van der Waals surface area contributed by atoms with E-state index in [0.717, 1.165) is 5.56 Å². The number of methoxy groups -OCH3 is 1. The number of carbonyl (C=O) groups excluding carboxylic acids is 2. The summed E-state index contributed by atoms with van der Waals surface area (Å²) < 4.78 is 19.2. The summed E-state index contributed by atoms with van der Waals surface area (Å²) in [5.41, 5.74) is 2.65. The molecule has 2 amide bonds. The Balaban J connectivity index is 1.62. The normalized spacial score (nSPS) is 19.5. The van der Waals surface area contributed by atoms with Crippen LogP contribution in [0.2, 0.25) is 0 Å². The summed E-state index contributed by atoms with van der Waals surface area (Å²) in [4.78, 5) is 29.6. The molecule has 0 N–H and O–H groups in total. The Kier molecular flexibility index (Phi) is 5.13. The summed E-state index contributed by atoms with van der Waals surface area (Å²) in [6.07, 6.45) is 0. The van der Waals surface area contributed by atoms with E-state index in [9.17, 15) is 14.0 Å². The van der Waals surface area contributed by atoms with Crippen molar-refractivity contribution in [1.29, 1.82) is 0 Å². The van der Waals surface area contributed by atoms with Crippen molar-refractivity contribution in [3.63, 3.8) is 0 Å². The number of carbonyl (C=O) groups is 2. The van der Waals surface area contributed by atoms with Crippen molar-refractivity contribution < 1.29 is 18.7 Å². The van der Waals surface area contributed by atoms with E-state index in [1.807, 2.05) is 30.3 Å². The molecule has 1 fully saturated rings. The number of thioether (sulfide) groups is 1. The van der Waals surface area contributed by atoms with Gasteiger partial charge in [-0.05, 0) is 48.0 Å². The van der Waals surface area contributed by atoms with Gasteiger partial charge in [-0.15, -0.1) is 11.8 Å². The number of halogens is 1. The van der Waals surface area contributed by atoms with Crippen LogP contribution in [0.3, 0.4) is 0 Å². The summed E-state index contributed by atoms with van der Waals surface area (Å²) in [5, 5.41) is 0. The van der Waals surface area contributed by atoms with E-state index in [1.165, 1.54) is 23.9 Å². The van der Waals surface area contributed by atoms with E-state index in [4.69, 9.17) is 4.74 Å². The van der Waals surface area contributed by atoms with E-state index in [2.05, 4.69) is 0 Å². The van der Waals surface area contributed by atoms with Crippen LogP contribution in [0.25, 0.3) is 0 Å². The Morgan fingerprint density at radius 2 is 1.91 bits per heavy atom. The minimum atomic E-state index is -1.18. The molecule has 162 valence electrons. The molecular weight excluding hydrogens is 427 g/mol. The van der Waals surface area contributed by atoms with Gasteiger partial charge in [0.2, 0.25) is 0 Å². The number of nitrogens with zero attached hydrogens (tertiary/aromatic N) is 2. The second-order valence-electron chi connectivity index (χ2n) is 7.72. The Morgan fingerprint density at radius 3 is 2.66 bits per heavy atom. The summed E-state index contributed by atoms with van der Waals surface area (Å²) in [5.74, 6) is 0.509. The molecule has 0 aromatic heterocycles. The zero-order valence-corrected chi connectivity index (χ0v) is 18.3. The van der Waals surface area contributed by atoms with Gasteiger partial charge in [-0.2, -0.15) is 0 Å². The first kappa shape index (κ1) is 20.6. The van der Waals surface area contributed by atoms with Crippen molar-refractivity contribution in [1.82, 2.24) is 4.90 Å². The predicted octanol–water partition coefficient (Wildman–Crippen LogP) is 4.42. The third kappa shape index (κ3) is 3.15. The van der Waals surface area contributed by atoms with Crippen LogP contribution in [-0.2, 0) is 16.2 Å². The molecule has 0 bridgehead atoms. The van der Waals surface area contributed by atoms with Crippen molar-refractivity contribution in [2.45, 2.75) is 11.4 Å². The lowest BCUT2D eigenvalue weighted by atomic mass is 10.0. The molecule has 0 unspecified atom stereocenters. The van der Waals surface area contributed by atoms with Gasteiger partial charge < -0.3 is 14.5 Å². The lowest BCUT2D eigenvalue weighted by Crippen LogP contribution is -2.50. The van der Waals surface area contributed by atoms with Gasteiger partial charge in [0, 0.05) is 23.4 Å². The molecule has 0 radical (unpaired) electrons. The van der Waals surface area contributed by atoms with Crippen LogP contribution in [0.15, 0.2) is 72.8 Å². The molecule has 1 atom stereocenters. The molecule has 5 rings (SSSR count). The standard InChI is InChI=1S/C25H21FN2O3S/c1-31-20-10-11-22-21(15-20)25(24(30)27(22)16-17-6-5-9-19(26)14-17)28(12-13-32-25)23(29)18-7-3-2-4-8-18/h2-11,14-15H,12-13,16H2,1H3/t25-/m0/s1. The summed E-state index contributed by atoms with van der Waals surface area (Å²) >= 11 is 1.46. The number of ether oxygens (including phenoxy) is 1. The number of rotatable bonds is 4. The highest BCUT2D eigenvalue weighted by Gasteiger charge is 2.59. The molecule has 5 nitrogen and oxygen atoms in total. The van der Waals surface area contributed by atoms with Crippen LogP contribution in [0.1, 0.15) is 21.5 Å². The molecule has 0 saturated carbocycles. The highest BCUT2D eigenvalue weighted by Crippen LogP contribution is 2.55. The Hall–Kier alpha value is -3.32. The fourth-order valence-corrected chi connectivity index (χ4v) is 5.88. The van der Waals surface area contributed by atoms with Crippen LogP contribution in [0.5, 0.6) is 5.75 Å². The smallest absolute Gasteiger partial charge is 0.268 e. The van der Waals surface area contributed by atoms with Crippen LogP contribution in [-0.4, -0.2) is 36.1 Å². The molecule has 1 saturated heterocycles. The van der Waals surface area contributed by atoms with E-state index >= 15 is 0 Å². The number of benzene rings is 3. The number of anilines is 1. The molecule has 7 heteroatoms. The number of hydrogen-bond donors (Lipinski definition) is 0. The minimum Gasteiger partial charge on any atom is -0.497 e. The number of hydrogen-bond acceptors (Lipinski definition) is 4. The molecule has 3 aromatic rings. The van der Waals surface area contributed by atoms with Gasteiger partial charge >= 0.3 is 0 Å². The van der Waals surface area contributed by atoms with Crippen LogP contribution < -0.4 is 9.64 Å². The Labute approximate surface area is 189 Å². The molecule has 32 heavy (non-hydrogen) atoms. The van der Waals surface area contributed by atoms with Crippen LogP contribution >= 0.6 is 11.8 Å². The molecule has 3 aromatic carbocycles. The van der Waals surface area contributed by atoms with Crippen LogP contribution in [0, 0.1) is 5.82 Å². The monoisotopic (exact) mass is 448 g/mol. The number of amides is 2. The van der Waals surface area contributed by atoms with Crippen molar-refractivity contribution in [3.8, 4) is 5.75 Å². The Morgan fingerprint density at radius 1 is 1.09 bits per heavy atom. The highest BCUT2D eigenvalue weighted by atomic mass is 32.2. The van der Waals surface area contributed by atoms with Gasteiger partial charge in [0.05, 0.1) is 19.3 Å². The lowest BCUT2D eigenvalue weighted by Gasteiger charge is -2.33. The average Bonchev–Trinajstić information content (AvgIpc) is 3.36. The van der Waals surface area contributed by atoms with E-state index in [0.29, 0.717) is 34.9 Å². The molecular formula is C25H21FN2O3S. The quantitative estimate of drug-likeness (QED) is 0.593. The third-order valence-electron chi connectivity index (χ3n) is 5.90. The van der Waals surface area contributed by atoms with Crippen molar-refractivity contribution >= 4 is 29.3 Å². The first-order valence-electron chi connectivity index (χ1n) is 10.3. The fourth-order valence-electron chi connectivity index (χ4n) is 4.43. The van der Waals surface area contributed by atoms with Crippen LogP contribution in [0.4, 0.5) is 10.1 Å². The van der Waals surface area contributed by atoms with E-state index in [-0.39, 0.29) is 24.2 Å². The third-order valence-corrected chi connectivity index (χ3v) is 7.32. The SMILES string of the molecule is COc1ccc2c(c1)[C@]1(SCCN1C(=O)c1ccccc1)C(=O)N2Cc1cccc(F)c1. The minimum absolute atomic E-state index is 0.190. The average molecular weight is 449 g/mol. The zero-order chi connectivity index (χ0) is 22.3. The maximum absolute atomic E-state index is 14.0. The fraction of sp³-hybridized carbons (Fsp3) is 0.200. The predicted molar refractivity (Wildman–Crippen MR) is 122 cm³/mol. The van der Waals surface area contributed by atoms with Gasteiger partial charge in [-0.3, -0.25) is 9.59 Å². The second kappa shape index (κ2) is 7.98. The first-order chi connectivity index (χ1) is 15.5. The lowest BCUT2D eigenvalue weighted by molar-refractivity contribution is -0.123. The summed E-state index contributed by atoms with van der Waals surface area (Å²) in [7, 11) is 1.57. The van der Waals surface area contributed by atoms with Crippen molar-refractivity contribution in [3.05, 3.63) is 95.3 Å². The Bertz CT molecular complexity index is 1200. The van der Waals surface area contributed by atoms with Gasteiger partial charge in [0.1, 0.15) is 11.6 Å². The topological polar surface area (TPSA) is 49.9 Å². The molecule has 2 aliphatic rings. The van der Waals surface area contributed by atoms with Gasteiger partial charge in [-0.25, -0.2) is 4.39 Å². The number of fused-ring (bicyclic) bond motifs is 2. The van der Waals surface area contributed by atoms with E-state index < -0.39 is 4.87 Å². The first-order valence-corrected chi connectivity index (χ1v) is 11.3. The van der Waals surface area contributed by atoms with Crippen molar-refractivity contribution in [2.75, 3.05) is 24.3 Å². The van der Waals surface area contributed by atoms with Crippen molar-refractivity contribution in [2.24, 2.45) is 0 Å². The molecule has 1 spiro atoms. The van der Waals surface area contributed by atoms with E-state index in [1.54, 1.807) is 47.2 Å². The molecule has 0 aliphatic carbocycles. The van der Waals surface area contributed by atoms with Gasteiger partial charge in [0.15, 0.2) is 4.87 Å².